The Hall–Kier alpha value is -2.52. The van der Waals surface area contributed by atoms with E-state index in [0.717, 1.165) is 21.3 Å². The zero-order valence-corrected chi connectivity index (χ0v) is 18.9. The van der Waals surface area contributed by atoms with Gasteiger partial charge in [0.25, 0.3) is 0 Å². The number of hydrogen-bond acceptors (Lipinski definition) is 6. The summed E-state index contributed by atoms with van der Waals surface area (Å²) >= 11 is 2.78. The van der Waals surface area contributed by atoms with Crippen molar-refractivity contribution in [2.24, 2.45) is 0 Å². The number of hydrogen-bond donors (Lipinski definition) is 1. The molecule has 0 spiro atoms. The molecule has 1 aromatic carbocycles. The molecule has 3 rings (SSSR count). The zero-order valence-electron chi connectivity index (χ0n) is 17.2. The van der Waals surface area contributed by atoms with E-state index in [9.17, 15) is 14.0 Å². The molecule has 0 radical (unpaired) electrons. The van der Waals surface area contributed by atoms with E-state index in [1.165, 1.54) is 46.5 Å². The number of amides is 2. The van der Waals surface area contributed by atoms with Gasteiger partial charge in [-0.05, 0) is 38.5 Å². The van der Waals surface area contributed by atoms with Crippen molar-refractivity contribution in [3.05, 3.63) is 41.8 Å². The molecular weight excluding hydrogens is 423 g/mol. The predicted octanol–water partition coefficient (Wildman–Crippen LogP) is 3.96. The maximum atomic E-state index is 13.3. The second kappa shape index (κ2) is 9.09. The van der Waals surface area contributed by atoms with Gasteiger partial charge < -0.3 is 10.2 Å². The normalized spacial score (nSPS) is 11.5. The van der Waals surface area contributed by atoms with Gasteiger partial charge in [-0.15, -0.1) is 11.3 Å². The number of aromatic nitrogens is 2. The highest BCUT2D eigenvalue weighted by molar-refractivity contribution is 8.00. The second-order valence-electron chi connectivity index (χ2n) is 7.85. The average Bonchev–Trinajstić information content (AvgIpc) is 3.09. The molecule has 0 aliphatic rings. The summed E-state index contributed by atoms with van der Waals surface area (Å²) in [6.45, 7) is 5.67. The average molecular weight is 447 g/mol. The van der Waals surface area contributed by atoms with Crippen molar-refractivity contribution in [3.8, 4) is 11.1 Å². The Morgan fingerprint density at radius 2 is 1.90 bits per heavy atom. The molecule has 3 aromatic rings. The van der Waals surface area contributed by atoms with Crippen molar-refractivity contribution < 1.29 is 14.0 Å². The van der Waals surface area contributed by atoms with Crippen molar-refractivity contribution in [2.75, 3.05) is 19.3 Å². The first-order chi connectivity index (χ1) is 14.1. The summed E-state index contributed by atoms with van der Waals surface area (Å²) in [5, 5.41) is 6.33. The van der Waals surface area contributed by atoms with Gasteiger partial charge in [-0.2, -0.15) is 0 Å². The van der Waals surface area contributed by atoms with E-state index in [-0.39, 0.29) is 35.5 Å². The molecule has 6 nitrogen and oxygen atoms in total. The smallest absolute Gasteiger partial charge is 0.240 e. The molecule has 9 heteroatoms. The number of halogens is 1. The molecule has 0 atom stereocenters. The second-order valence-corrected chi connectivity index (χ2v) is 9.67. The van der Waals surface area contributed by atoms with Crippen LogP contribution in [-0.4, -0.2) is 51.6 Å². The van der Waals surface area contributed by atoms with Gasteiger partial charge in [0, 0.05) is 23.5 Å². The minimum atomic E-state index is -0.349. The van der Waals surface area contributed by atoms with Gasteiger partial charge in [0.05, 0.1) is 17.7 Å². The first-order valence-electron chi connectivity index (χ1n) is 9.30. The number of thioether (sulfide) groups is 1. The van der Waals surface area contributed by atoms with Crippen LogP contribution in [0.5, 0.6) is 0 Å². The highest BCUT2D eigenvalue weighted by Gasteiger charge is 2.19. The third-order valence-electron chi connectivity index (χ3n) is 4.14. The largest absolute Gasteiger partial charge is 0.350 e. The van der Waals surface area contributed by atoms with Crippen molar-refractivity contribution in [1.82, 2.24) is 20.2 Å². The maximum Gasteiger partial charge on any atom is 0.240 e. The molecular formula is C21H23FN4O2S2. The third-order valence-corrected chi connectivity index (χ3v) is 6.00. The van der Waals surface area contributed by atoms with Crippen LogP contribution in [0.3, 0.4) is 0 Å². The Morgan fingerprint density at radius 3 is 2.57 bits per heavy atom. The van der Waals surface area contributed by atoms with Gasteiger partial charge in [0.15, 0.2) is 0 Å². The van der Waals surface area contributed by atoms with Crippen LogP contribution >= 0.6 is 23.1 Å². The van der Waals surface area contributed by atoms with E-state index in [4.69, 9.17) is 0 Å². The van der Waals surface area contributed by atoms with Gasteiger partial charge in [-0.3, -0.25) is 9.59 Å². The summed E-state index contributed by atoms with van der Waals surface area (Å²) in [7, 11) is 1.61. The van der Waals surface area contributed by atoms with Crippen molar-refractivity contribution in [3.63, 3.8) is 0 Å². The molecule has 2 heterocycles. The summed E-state index contributed by atoms with van der Waals surface area (Å²) in [6.07, 6.45) is 1.47. The van der Waals surface area contributed by atoms with Crippen LogP contribution in [0.4, 0.5) is 4.39 Å². The molecule has 30 heavy (non-hydrogen) atoms. The predicted molar refractivity (Wildman–Crippen MR) is 119 cm³/mol. The quantitative estimate of drug-likeness (QED) is 0.458. The molecule has 0 fully saturated rings. The van der Waals surface area contributed by atoms with Gasteiger partial charge in [0.2, 0.25) is 11.8 Å². The number of thiophene rings is 1. The van der Waals surface area contributed by atoms with Gasteiger partial charge in [0.1, 0.15) is 22.0 Å². The van der Waals surface area contributed by atoms with Gasteiger partial charge in [-0.25, -0.2) is 14.4 Å². The molecule has 0 aliphatic heterocycles. The van der Waals surface area contributed by atoms with Crippen molar-refractivity contribution >= 4 is 45.1 Å². The maximum absolute atomic E-state index is 13.3. The number of carbonyl (C=O) groups is 2. The van der Waals surface area contributed by atoms with Crippen LogP contribution in [0, 0.1) is 5.82 Å². The molecule has 2 amide bonds. The van der Waals surface area contributed by atoms with E-state index >= 15 is 0 Å². The number of likely N-dealkylation sites (N-methyl/N-ethyl adjacent to an activating group) is 1. The lowest BCUT2D eigenvalue weighted by atomic mass is 10.1. The van der Waals surface area contributed by atoms with E-state index in [1.807, 2.05) is 26.2 Å². The molecule has 0 saturated carbocycles. The summed E-state index contributed by atoms with van der Waals surface area (Å²) in [5.41, 5.74) is 1.42. The van der Waals surface area contributed by atoms with E-state index in [0.29, 0.717) is 5.03 Å². The van der Waals surface area contributed by atoms with Crippen LogP contribution in [-0.2, 0) is 9.59 Å². The molecule has 158 valence electrons. The first-order valence-corrected chi connectivity index (χ1v) is 11.2. The summed E-state index contributed by atoms with van der Waals surface area (Å²) < 4.78 is 13.3. The third kappa shape index (κ3) is 5.54. The highest BCUT2D eigenvalue weighted by atomic mass is 32.2. The Balaban J connectivity index is 1.73. The lowest BCUT2D eigenvalue weighted by Gasteiger charge is -2.23. The topological polar surface area (TPSA) is 75.2 Å². The number of rotatable bonds is 6. The van der Waals surface area contributed by atoms with Gasteiger partial charge in [-0.1, -0.05) is 23.9 Å². The molecule has 1 N–H and O–H groups in total. The molecule has 0 saturated heterocycles. The van der Waals surface area contributed by atoms with Crippen LogP contribution in [0.1, 0.15) is 20.8 Å². The van der Waals surface area contributed by atoms with Gasteiger partial charge >= 0.3 is 0 Å². The standard InChI is InChI=1S/C21H23FN4O2S2/c1-21(2,3)25-16(27)9-26(4)17(28)11-30-20-18-15(10-29-19(18)23-12-24-20)13-5-7-14(22)8-6-13/h5-8,10,12H,9,11H2,1-4H3,(H,25,27). The minimum Gasteiger partial charge on any atom is -0.350 e. The fourth-order valence-electron chi connectivity index (χ4n) is 2.80. The highest BCUT2D eigenvalue weighted by Crippen LogP contribution is 2.37. The van der Waals surface area contributed by atoms with Crippen molar-refractivity contribution in [1.29, 1.82) is 0 Å². The summed E-state index contributed by atoms with van der Waals surface area (Å²) in [4.78, 5) is 35.5. The van der Waals surface area contributed by atoms with Crippen LogP contribution in [0.15, 0.2) is 41.0 Å². The van der Waals surface area contributed by atoms with Crippen molar-refractivity contribution in [2.45, 2.75) is 31.3 Å². The molecule has 0 aliphatic carbocycles. The number of nitrogens with zero attached hydrogens (tertiary/aromatic N) is 3. The Bertz CT molecular complexity index is 1060. The summed E-state index contributed by atoms with van der Waals surface area (Å²) in [5.74, 6) is -0.531. The lowest BCUT2D eigenvalue weighted by molar-refractivity contribution is -0.133. The number of carbonyl (C=O) groups excluding carboxylic acids is 2. The van der Waals surface area contributed by atoms with E-state index in [2.05, 4.69) is 15.3 Å². The number of fused-ring (bicyclic) bond motifs is 1. The Kier molecular flexibility index (Phi) is 6.72. The van der Waals surface area contributed by atoms with E-state index in [1.54, 1.807) is 19.2 Å². The first kappa shape index (κ1) is 22.2. The number of benzene rings is 1. The van der Waals surface area contributed by atoms with Crippen LogP contribution < -0.4 is 5.32 Å². The lowest BCUT2D eigenvalue weighted by Crippen LogP contribution is -2.46. The SMILES string of the molecule is CN(CC(=O)NC(C)(C)C)C(=O)CSc1ncnc2scc(-c3ccc(F)cc3)c12. The Morgan fingerprint density at radius 1 is 1.20 bits per heavy atom. The summed E-state index contributed by atoms with van der Waals surface area (Å²) in [6, 6.07) is 6.25. The zero-order chi connectivity index (χ0) is 21.9. The minimum absolute atomic E-state index is 0.00483. The molecule has 0 bridgehead atoms. The van der Waals surface area contributed by atoms with Crippen LogP contribution in [0.25, 0.3) is 21.3 Å². The molecule has 2 aromatic heterocycles. The fourth-order valence-corrected chi connectivity index (χ4v) is 4.73. The monoisotopic (exact) mass is 446 g/mol. The molecule has 0 unspecified atom stereocenters. The number of nitrogens with one attached hydrogen (secondary N) is 1. The Labute approximate surface area is 182 Å². The van der Waals surface area contributed by atoms with Crippen LogP contribution in [0.2, 0.25) is 0 Å². The fraction of sp³-hybridized carbons (Fsp3) is 0.333. The van der Waals surface area contributed by atoms with E-state index < -0.39 is 0 Å².